The number of cyclic esters (lactones) is 2. The number of hydrogen-bond acceptors (Lipinski definition) is 5. The van der Waals surface area contributed by atoms with Gasteiger partial charge in [0.15, 0.2) is 5.92 Å². The second kappa shape index (κ2) is 8.91. The van der Waals surface area contributed by atoms with Crippen molar-refractivity contribution in [1.29, 1.82) is 0 Å². The lowest BCUT2D eigenvalue weighted by atomic mass is 9.79. The van der Waals surface area contributed by atoms with E-state index in [2.05, 4.69) is 4.98 Å². The molecule has 0 amide bonds. The molecule has 0 aliphatic carbocycles. The van der Waals surface area contributed by atoms with Crippen molar-refractivity contribution in [3.8, 4) is 5.75 Å². The van der Waals surface area contributed by atoms with Gasteiger partial charge in [0.1, 0.15) is 18.2 Å². The van der Waals surface area contributed by atoms with E-state index in [1.54, 1.807) is 48.7 Å². The van der Waals surface area contributed by atoms with Gasteiger partial charge in [0.2, 0.25) is 0 Å². The molecule has 3 aromatic carbocycles. The predicted molar refractivity (Wildman–Crippen MR) is 127 cm³/mol. The number of carbonyl (C=O) groups excluding carboxylic acids is 2. The maximum atomic E-state index is 14.2. The van der Waals surface area contributed by atoms with Crippen LogP contribution in [0.2, 0.25) is 0 Å². The van der Waals surface area contributed by atoms with Gasteiger partial charge in [-0.25, -0.2) is 4.39 Å². The van der Waals surface area contributed by atoms with Crippen LogP contribution in [0.5, 0.6) is 5.75 Å². The SMILES string of the molecule is CC1(C)OC(=O)C([C@H](c2ccccc2OCc2ccccc2F)c2c[nH]c3ccccc23)C(=O)O1. The molecule has 7 heteroatoms. The molecule has 1 aliphatic heterocycles. The summed E-state index contributed by atoms with van der Waals surface area (Å²) in [6.07, 6.45) is 1.78. The Hall–Kier alpha value is -4.13. The van der Waals surface area contributed by atoms with Crippen molar-refractivity contribution >= 4 is 22.8 Å². The molecule has 0 unspecified atom stereocenters. The number of benzene rings is 3. The lowest BCUT2D eigenvalue weighted by molar-refractivity contribution is -0.240. The van der Waals surface area contributed by atoms with Gasteiger partial charge in [-0.3, -0.25) is 9.59 Å². The summed E-state index contributed by atoms with van der Waals surface area (Å²) in [4.78, 5) is 29.6. The third-order valence-corrected chi connectivity index (χ3v) is 6.09. The largest absolute Gasteiger partial charge is 0.488 e. The van der Waals surface area contributed by atoms with Crippen LogP contribution in [0.3, 0.4) is 0 Å². The minimum Gasteiger partial charge on any atom is -0.488 e. The van der Waals surface area contributed by atoms with Gasteiger partial charge >= 0.3 is 11.9 Å². The number of nitrogens with one attached hydrogen (secondary N) is 1. The minimum absolute atomic E-state index is 0.0170. The summed E-state index contributed by atoms with van der Waals surface area (Å²) in [7, 11) is 0. The smallest absolute Gasteiger partial charge is 0.324 e. The zero-order chi connectivity index (χ0) is 24.6. The van der Waals surface area contributed by atoms with Crippen molar-refractivity contribution in [3.63, 3.8) is 0 Å². The van der Waals surface area contributed by atoms with Gasteiger partial charge in [0, 0.05) is 48.0 Å². The first kappa shape index (κ1) is 22.7. The van der Waals surface area contributed by atoms with E-state index in [-0.39, 0.29) is 12.4 Å². The molecular weight excluding hydrogens is 449 g/mol. The van der Waals surface area contributed by atoms with Crippen LogP contribution in [-0.4, -0.2) is 22.7 Å². The number of fused-ring (bicyclic) bond motifs is 1. The Morgan fingerprint density at radius 1 is 0.914 bits per heavy atom. The van der Waals surface area contributed by atoms with Crippen molar-refractivity contribution in [3.05, 3.63) is 102 Å². The van der Waals surface area contributed by atoms with Crippen LogP contribution in [0.1, 0.15) is 36.5 Å². The van der Waals surface area contributed by atoms with Crippen LogP contribution in [0.4, 0.5) is 4.39 Å². The summed E-state index contributed by atoms with van der Waals surface area (Å²) in [6, 6.07) is 21.1. The van der Waals surface area contributed by atoms with Crippen LogP contribution in [-0.2, 0) is 25.7 Å². The van der Waals surface area contributed by atoms with Crippen molar-refractivity contribution in [2.24, 2.45) is 5.92 Å². The molecule has 1 saturated heterocycles. The highest BCUT2D eigenvalue weighted by Crippen LogP contribution is 2.43. The monoisotopic (exact) mass is 473 g/mol. The maximum Gasteiger partial charge on any atom is 0.324 e. The summed E-state index contributed by atoms with van der Waals surface area (Å²) < 4.78 is 31.2. The lowest BCUT2D eigenvalue weighted by Crippen LogP contribution is -2.48. The van der Waals surface area contributed by atoms with Crippen LogP contribution < -0.4 is 4.74 Å². The van der Waals surface area contributed by atoms with Gasteiger partial charge < -0.3 is 19.2 Å². The molecule has 5 rings (SSSR count). The van der Waals surface area contributed by atoms with E-state index in [1.165, 1.54) is 19.9 Å². The second-order valence-electron chi connectivity index (χ2n) is 8.90. The summed E-state index contributed by atoms with van der Waals surface area (Å²) in [5, 5.41) is 0.854. The summed E-state index contributed by atoms with van der Waals surface area (Å²) >= 11 is 0. The molecule has 1 N–H and O–H groups in total. The second-order valence-corrected chi connectivity index (χ2v) is 8.90. The number of hydrogen-bond donors (Lipinski definition) is 1. The average molecular weight is 474 g/mol. The molecule has 0 saturated carbocycles. The molecule has 4 aromatic rings. The lowest BCUT2D eigenvalue weighted by Gasteiger charge is -2.36. The summed E-state index contributed by atoms with van der Waals surface area (Å²) in [5.74, 6) is -4.66. The third-order valence-electron chi connectivity index (χ3n) is 6.09. The molecule has 6 nitrogen and oxygen atoms in total. The Balaban J connectivity index is 1.61. The van der Waals surface area contributed by atoms with E-state index < -0.39 is 29.6 Å². The van der Waals surface area contributed by atoms with Gasteiger partial charge in [0.25, 0.3) is 5.79 Å². The molecule has 35 heavy (non-hydrogen) atoms. The molecule has 178 valence electrons. The summed E-state index contributed by atoms with van der Waals surface area (Å²) in [6.45, 7) is 3.02. The Morgan fingerprint density at radius 2 is 1.57 bits per heavy atom. The third kappa shape index (κ3) is 4.37. The molecule has 1 aliphatic rings. The zero-order valence-corrected chi connectivity index (χ0v) is 19.3. The number of carbonyl (C=O) groups is 2. The van der Waals surface area contributed by atoms with E-state index in [4.69, 9.17) is 14.2 Å². The van der Waals surface area contributed by atoms with Gasteiger partial charge in [-0.15, -0.1) is 0 Å². The number of aromatic amines is 1. The topological polar surface area (TPSA) is 77.6 Å². The number of para-hydroxylation sites is 2. The van der Waals surface area contributed by atoms with E-state index in [9.17, 15) is 14.0 Å². The fourth-order valence-corrected chi connectivity index (χ4v) is 4.52. The Bertz CT molecular complexity index is 1390. The highest BCUT2D eigenvalue weighted by molar-refractivity contribution is 5.99. The Labute approximate surface area is 201 Å². The van der Waals surface area contributed by atoms with Gasteiger partial charge in [-0.05, 0) is 23.8 Å². The van der Waals surface area contributed by atoms with Crippen molar-refractivity contribution in [1.82, 2.24) is 4.98 Å². The highest BCUT2D eigenvalue weighted by atomic mass is 19.1. The van der Waals surface area contributed by atoms with Crippen LogP contribution in [0, 0.1) is 11.7 Å². The number of esters is 2. The first-order chi connectivity index (χ1) is 16.8. The molecule has 0 radical (unpaired) electrons. The summed E-state index contributed by atoms with van der Waals surface area (Å²) in [5.41, 5.74) is 2.56. The number of halogens is 1. The zero-order valence-electron chi connectivity index (χ0n) is 19.3. The van der Waals surface area contributed by atoms with E-state index in [0.717, 1.165) is 16.5 Å². The standard InChI is InChI=1S/C28H24FNO5/c1-28(2)34-26(31)25(27(32)35-28)24(20-15-30-22-13-7-4-10-18(20)22)19-11-5-8-14-23(19)33-16-17-9-3-6-12-21(17)29/h3-15,24-25,30H,16H2,1-2H3/t24-/m1/s1. The number of H-pyrrole nitrogens is 1. The molecule has 0 spiro atoms. The molecule has 1 atom stereocenters. The van der Waals surface area contributed by atoms with Crippen molar-refractivity contribution < 1.29 is 28.2 Å². The van der Waals surface area contributed by atoms with Crippen molar-refractivity contribution in [2.75, 3.05) is 0 Å². The fourth-order valence-electron chi connectivity index (χ4n) is 4.52. The first-order valence-electron chi connectivity index (χ1n) is 11.3. The van der Waals surface area contributed by atoms with E-state index >= 15 is 0 Å². The number of aromatic nitrogens is 1. The van der Waals surface area contributed by atoms with Gasteiger partial charge in [-0.1, -0.05) is 54.6 Å². The molecule has 1 fully saturated rings. The normalized spacial score (nSPS) is 16.5. The predicted octanol–water partition coefficient (Wildman–Crippen LogP) is 5.47. The van der Waals surface area contributed by atoms with E-state index in [0.29, 0.717) is 16.9 Å². The van der Waals surface area contributed by atoms with Crippen LogP contribution in [0.15, 0.2) is 79.0 Å². The Kier molecular flexibility index (Phi) is 5.76. The van der Waals surface area contributed by atoms with Crippen molar-refractivity contribution in [2.45, 2.75) is 32.2 Å². The minimum atomic E-state index is -1.35. The number of rotatable bonds is 6. The molecular formula is C28H24FNO5. The maximum absolute atomic E-state index is 14.2. The van der Waals surface area contributed by atoms with Gasteiger partial charge in [-0.2, -0.15) is 0 Å². The average Bonchev–Trinajstić information content (AvgIpc) is 3.24. The fraction of sp³-hybridized carbons (Fsp3) is 0.214. The van der Waals surface area contributed by atoms with Crippen LogP contribution >= 0.6 is 0 Å². The molecule has 1 aromatic heterocycles. The first-order valence-corrected chi connectivity index (χ1v) is 11.3. The van der Waals surface area contributed by atoms with Gasteiger partial charge in [0.05, 0.1) is 0 Å². The molecule has 0 bridgehead atoms. The number of ether oxygens (including phenoxy) is 3. The van der Waals surface area contributed by atoms with Crippen LogP contribution in [0.25, 0.3) is 10.9 Å². The Morgan fingerprint density at radius 3 is 2.34 bits per heavy atom. The quantitative estimate of drug-likeness (QED) is 0.297. The highest BCUT2D eigenvalue weighted by Gasteiger charge is 2.49. The molecule has 2 heterocycles. The van der Waals surface area contributed by atoms with E-state index in [1.807, 2.05) is 24.3 Å².